The van der Waals surface area contributed by atoms with Gasteiger partial charge in [-0.2, -0.15) is 0 Å². The molecule has 8 nitrogen and oxygen atoms in total. The maximum Gasteiger partial charge on any atom is 0.247 e. The summed E-state index contributed by atoms with van der Waals surface area (Å²) >= 11 is 1.53. The molecule has 1 unspecified atom stereocenters. The molecular weight excluding hydrogens is 412 g/mol. The Hall–Kier alpha value is -3.33. The zero-order chi connectivity index (χ0) is 22.2. The van der Waals surface area contributed by atoms with Gasteiger partial charge in [0.25, 0.3) is 0 Å². The molecule has 0 radical (unpaired) electrons. The van der Waals surface area contributed by atoms with Gasteiger partial charge in [0.15, 0.2) is 5.16 Å². The second-order valence-corrected chi connectivity index (χ2v) is 8.03. The number of rotatable bonds is 9. The Labute approximate surface area is 185 Å². The number of amides is 2. The van der Waals surface area contributed by atoms with Crippen LogP contribution in [0.1, 0.15) is 31.9 Å². The lowest BCUT2D eigenvalue weighted by Gasteiger charge is -2.19. The van der Waals surface area contributed by atoms with E-state index in [9.17, 15) is 9.59 Å². The molecule has 9 heteroatoms. The van der Waals surface area contributed by atoms with Crippen LogP contribution in [0.15, 0.2) is 59.8 Å². The zero-order valence-electron chi connectivity index (χ0n) is 17.5. The fourth-order valence-electron chi connectivity index (χ4n) is 3.14. The molecule has 0 bridgehead atoms. The Morgan fingerprint density at radius 1 is 1.03 bits per heavy atom. The van der Waals surface area contributed by atoms with Gasteiger partial charge >= 0.3 is 0 Å². The molecule has 0 saturated heterocycles. The van der Waals surface area contributed by atoms with E-state index in [2.05, 4.69) is 33.0 Å². The van der Waals surface area contributed by atoms with Gasteiger partial charge in [-0.25, -0.2) is 0 Å². The van der Waals surface area contributed by atoms with Crippen molar-refractivity contribution in [3.05, 3.63) is 60.2 Å². The van der Waals surface area contributed by atoms with Gasteiger partial charge in [-0.3, -0.25) is 14.2 Å². The van der Waals surface area contributed by atoms with Crippen molar-refractivity contribution in [2.45, 2.75) is 37.9 Å². The van der Waals surface area contributed by atoms with Gasteiger partial charge in [0, 0.05) is 24.1 Å². The monoisotopic (exact) mass is 438 g/mol. The summed E-state index contributed by atoms with van der Waals surface area (Å²) in [5.74, 6) is 0.657. The third kappa shape index (κ3) is 6.08. The Bertz CT molecular complexity index is 1020. The van der Waals surface area contributed by atoms with E-state index in [1.807, 2.05) is 25.1 Å². The molecule has 1 atom stereocenters. The number of thioether (sulfide) groups is 1. The minimum Gasteiger partial charge on any atom is -0.368 e. The van der Waals surface area contributed by atoms with Gasteiger partial charge in [-0.05, 0) is 42.7 Å². The molecule has 2 amide bonds. The van der Waals surface area contributed by atoms with Crippen LogP contribution < -0.4 is 16.4 Å². The summed E-state index contributed by atoms with van der Waals surface area (Å²) in [5, 5.41) is 14.4. The predicted octanol–water partition coefficient (Wildman–Crippen LogP) is 3.74. The number of hydrogen-bond acceptors (Lipinski definition) is 6. The van der Waals surface area contributed by atoms with Crippen molar-refractivity contribution < 1.29 is 9.59 Å². The highest BCUT2D eigenvalue weighted by Crippen LogP contribution is 2.27. The van der Waals surface area contributed by atoms with Gasteiger partial charge in [-0.15, -0.1) is 10.2 Å². The van der Waals surface area contributed by atoms with Gasteiger partial charge < -0.3 is 16.4 Å². The van der Waals surface area contributed by atoms with Crippen molar-refractivity contribution in [3.63, 3.8) is 0 Å². The normalized spacial score (nSPS) is 11.7. The van der Waals surface area contributed by atoms with Crippen LogP contribution in [-0.2, 0) is 16.0 Å². The van der Waals surface area contributed by atoms with Gasteiger partial charge in [0.1, 0.15) is 6.04 Å². The van der Waals surface area contributed by atoms with Gasteiger partial charge in [0.05, 0.1) is 0 Å². The van der Waals surface area contributed by atoms with Crippen LogP contribution in [0.5, 0.6) is 0 Å². The molecule has 4 N–H and O–H groups in total. The van der Waals surface area contributed by atoms with Crippen LogP contribution >= 0.6 is 11.8 Å². The zero-order valence-corrected chi connectivity index (χ0v) is 18.4. The minimum atomic E-state index is -0.538. The highest BCUT2D eigenvalue weighted by atomic mass is 32.2. The first kappa shape index (κ1) is 22.4. The fraction of sp³-hybridized carbons (Fsp3) is 0.273. The second kappa shape index (κ2) is 10.6. The number of aromatic nitrogens is 3. The maximum atomic E-state index is 13.0. The number of anilines is 3. The number of nitrogens with zero attached hydrogens (tertiary/aromatic N) is 3. The molecule has 0 fully saturated rings. The largest absolute Gasteiger partial charge is 0.368 e. The molecule has 2 aromatic carbocycles. The summed E-state index contributed by atoms with van der Waals surface area (Å²) in [5.41, 5.74) is 8.58. The number of carbonyl (C=O) groups excluding carboxylic acids is 2. The van der Waals surface area contributed by atoms with E-state index >= 15 is 0 Å². The van der Waals surface area contributed by atoms with Crippen molar-refractivity contribution in [1.29, 1.82) is 0 Å². The second-order valence-electron chi connectivity index (χ2n) is 6.97. The quantitative estimate of drug-likeness (QED) is 0.438. The molecule has 1 heterocycles. The number of nitrogens with one attached hydrogen (secondary N) is 2. The average Bonchev–Trinajstić information content (AvgIpc) is 3.11. The lowest BCUT2D eigenvalue weighted by Crippen LogP contribution is -2.27. The third-order valence-corrected chi connectivity index (χ3v) is 5.57. The van der Waals surface area contributed by atoms with Crippen molar-refractivity contribution in [3.8, 4) is 0 Å². The highest BCUT2D eigenvalue weighted by Gasteiger charge is 2.25. The fourth-order valence-corrected chi connectivity index (χ4v) is 4.11. The molecule has 31 heavy (non-hydrogen) atoms. The maximum absolute atomic E-state index is 13.0. The first-order valence-electron chi connectivity index (χ1n) is 10.0. The molecule has 1 aromatic heterocycles. The third-order valence-electron chi connectivity index (χ3n) is 4.63. The summed E-state index contributed by atoms with van der Waals surface area (Å²) in [4.78, 5) is 24.1. The number of nitrogen functional groups attached to an aromatic ring is 1. The van der Waals surface area contributed by atoms with Crippen LogP contribution in [0, 0.1) is 0 Å². The van der Waals surface area contributed by atoms with Crippen LogP contribution in [0.4, 0.5) is 17.3 Å². The molecule has 162 valence electrons. The molecule has 0 aliphatic rings. The van der Waals surface area contributed by atoms with Gasteiger partial charge in [0.2, 0.25) is 17.8 Å². The number of hydrogen-bond donors (Lipinski definition) is 3. The lowest BCUT2D eigenvalue weighted by atomic mass is 10.2. The van der Waals surface area contributed by atoms with Crippen LogP contribution in [0.25, 0.3) is 0 Å². The van der Waals surface area contributed by atoms with E-state index in [0.29, 0.717) is 23.0 Å². The van der Waals surface area contributed by atoms with Crippen LogP contribution in [0.2, 0.25) is 0 Å². The van der Waals surface area contributed by atoms with E-state index in [0.717, 1.165) is 12.2 Å². The first-order valence-corrected chi connectivity index (χ1v) is 11.0. The highest BCUT2D eigenvalue weighted by molar-refractivity contribution is 7.99. The SMILES string of the molecule is CCC(C(=O)Nc1ccc(NC(C)=O)cc1)n1c(N)nnc1SCCc1ccccc1. The van der Waals surface area contributed by atoms with Crippen LogP contribution in [-0.4, -0.2) is 32.3 Å². The molecule has 0 aliphatic heterocycles. The molecule has 3 rings (SSSR count). The van der Waals surface area contributed by atoms with E-state index in [-0.39, 0.29) is 17.8 Å². The van der Waals surface area contributed by atoms with Crippen molar-refractivity contribution >= 4 is 40.9 Å². The Morgan fingerprint density at radius 3 is 2.29 bits per heavy atom. The van der Waals surface area contributed by atoms with E-state index in [4.69, 9.17) is 5.73 Å². The molecule has 0 aliphatic carbocycles. The predicted molar refractivity (Wildman–Crippen MR) is 124 cm³/mol. The van der Waals surface area contributed by atoms with Crippen molar-refractivity contribution in [2.24, 2.45) is 0 Å². The summed E-state index contributed by atoms with van der Waals surface area (Å²) in [6.45, 7) is 3.36. The molecule has 3 aromatic rings. The molecular formula is C22H26N6O2S. The summed E-state index contributed by atoms with van der Waals surface area (Å²) in [6.07, 6.45) is 1.41. The number of nitrogens with two attached hydrogens (primary N) is 1. The van der Waals surface area contributed by atoms with Crippen molar-refractivity contribution in [1.82, 2.24) is 14.8 Å². The minimum absolute atomic E-state index is 0.150. The van der Waals surface area contributed by atoms with Crippen molar-refractivity contribution in [2.75, 3.05) is 22.1 Å². The smallest absolute Gasteiger partial charge is 0.247 e. The van der Waals surface area contributed by atoms with Gasteiger partial charge in [-0.1, -0.05) is 49.0 Å². The van der Waals surface area contributed by atoms with Crippen LogP contribution in [0.3, 0.4) is 0 Å². The van der Waals surface area contributed by atoms with E-state index in [1.54, 1.807) is 28.8 Å². The first-order chi connectivity index (χ1) is 15.0. The van der Waals surface area contributed by atoms with E-state index < -0.39 is 6.04 Å². The number of benzene rings is 2. The Morgan fingerprint density at radius 2 is 1.68 bits per heavy atom. The summed E-state index contributed by atoms with van der Waals surface area (Å²) < 4.78 is 1.69. The Kier molecular flexibility index (Phi) is 7.66. The standard InChI is InChI=1S/C22H26N6O2S/c1-3-19(20(30)25-18-11-9-17(10-12-18)24-15(2)29)28-21(23)26-27-22(28)31-14-13-16-7-5-4-6-8-16/h4-12,19H,3,13-14H2,1-2H3,(H2,23,26)(H,24,29)(H,25,30). The molecule has 0 saturated carbocycles. The number of carbonyl (C=O) groups is 2. The summed E-state index contributed by atoms with van der Waals surface area (Å²) in [6, 6.07) is 16.6. The lowest BCUT2D eigenvalue weighted by molar-refractivity contribution is -0.119. The Balaban J connectivity index is 1.67. The number of aryl methyl sites for hydroxylation is 1. The molecule has 0 spiro atoms. The summed E-state index contributed by atoms with van der Waals surface area (Å²) in [7, 11) is 0. The topological polar surface area (TPSA) is 115 Å². The van der Waals surface area contributed by atoms with E-state index in [1.165, 1.54) is 24.2 Å². The average molecular weight is 439 g/mol.